The number of likely N-dealkylation sites (tertiary alicyclic amines) is 1. The quantitative estimate of drug-likeness (QED) is 0.837. The maximum absolute atomic E-state index is 13.2. The fraction of sp³-hybridized carbons (Fsp3) is 0.417. The Morgan fingerprint density at radius 1 is 1.59 bits per heavy atom. The minimum absolute atomic E-state index is 0.00466. The third-order valence-corrected chi connectivity index (χ3v) is 3.21. The Morgan fingerprint density at radius 3 is 2.82 bits per heavy atom. The molecule has 0 aromatic heterocycles. The molecule has 1 unspecified atom stereocenters. The normalized spacial score (nSPS) is 24.1. The number of β-amino-alcohol motifs (C(OH)–C–C–N with tert-alkyl or cyclic N) is 1. The third kappa shape index (κ3) is 2.58. The van der Waals surface area contributed by atoms with Crippen molar-refractivity contribution in [2.24, 2.45) is 0 Å². The van der Waals surface area contributed by atoms with Crippen LogP contribution in [0.25, 0.3) is 0 Å². The first-order valence-corrected chi connectivity index (χ1v) is 5.73. The second-order valence-electron chi connectivity index (χ2n) is 4.60. The summed E-state index contributed by atoms with van der Waals surface area (Å²) in [6.45, 7) is 2.44. The molecule has 1 aromatic rings. The predicted molar refractivity (Wildman–Crippen MR) is 62.6 cm³/mol. The highest BCUT2D eigenvalue weighted by molar-refractivity contribution is 6.30. The van der Waals surface area contributed by atoms with Crippen molar-refractivity contribution in [3.05, 3.63) is 34.6 Å². The van der Waals surface area contributed by atoms with E-state index in [0.717, 1.165) is 6.07 Å². The minimum atomic E-state index is -0.847. The van der Waals surface area contributed by atoms with Crippen LogP contribution in [0.3, 0.4) is 0 Å². The van der Waals surface area contributed by atoms with E-state index in [2.05, 4.69) is 0 Å². The van der Waals surface area contributed by atoms with E-state index in [4.69, 9.17) is 11.6 Å². The molecule has 1 aromatic carbocycles. The van der Waals surface area contributed by atoms with Crippen LogP contribution in [0.2, 0.25) is 5.02 Å². The summed E-state index contributed by atoms with van der Waals surface area (Å²) in [5.41, 5.74) is -0.592. The van der Waals surface area contributed by atoms with E-state index in [-0.39, 0.29) is 23.0 Å². The first-order valence-electron chi connectivity index (χ1n) is 5.36. The van der Waals surface area contributed by atoms with Crippen LogP contribution >= 0.6 is 11.6 Å². The van der Waals surface area contributed by atoms with Crippen LogP contribution in [-0.2, 0) is 0 Å². The summed E-state index contributed by atoms with van der Waals surface area (Å²) in [7, 11) is 0. The molecule has 1 fully saturated rings. The highest BCUT2D eigenvalue weighted by Gasteiger charge is 2.34. The molecule has 92 valence electrons. The van der Waals surface area contributed by atoms with Crippen molar-refractivity contribution in [1.82, 2.24) is 4.90 Å². The summed E-state index contributed by atoms with van der Waals surface area (Å²) < 4.78 is 13.2. The summed E-state index contributed by atoms with van der Waals surface area (Å²) in [6.07, 6.45) is 0.537. The molecule has 0 saturated carbocycles. The highest BCUT2D eigenvalue weighted by atomic mass is 35.5. The van der Waals surface area contributed by atoms with Crippen molar-refractivity contribution in [1.29, 1.82) is 0 Å². The zero-order valence-corrected chi connectivity index (χ0v) is 10.2. The van der Waals surface area contributed by atoms with Gasteiger partial charge in [0.25, 0.3) is 5.91 Å². The van der Waals surface area contributed by atoms with Crippen molar-refractivity contribution in [2.45, 2.75) is 18.9 Å². The molecular weight excluding hydrogens is 245 g/mol. The molecule has 0 radical (unpaired) electrons. The van der Waals surface area contributed by atoms with Crippen LogP contribution < -0.4 is 0 Å². The zero-order chi connectivity index (χ0) is 12.6. The van der Waals surface area contributed by atoms with E-state index in [1.807, 2.05) is 0 Å². The lowest BCUT2D eigenvalue weighted by atomic mass is 10.1. The van der Waals surface area contributed by atoms with Gasteiger partial charge in [0, 0.05) is 18.7 Å². The second kappa shape index (κ2) is 4.27. The van der Waals surface area contributed by atoms with Crippen molar-refractivity contribution in [3.8, 4) is 0 Å². The molecule has 0 bridgehead atoms. The van der Waals surface area contributed by atoms with Gasteiger partial charge >= 0.3 is 0 Å². The maximum Gasteiger partial charge on any atom is 0.254 e. The molecule has 5 heteroatoms. The van der Waals surface area contributed by atoms with Crippen molar-refractivity contribution in [3.63, 3.8) is 0 Å². The number of aliphatic hydroxyl groups is 1. The van der Waals surface area contributed by atoms with Crippen LogP contribution in [0.5, 0.6) is 0 Å². The molecule has 1 N–H and O–H groups in total. The second-order valence-corrected chi connectivity index (χ2v) is 5.01. The summed E-state index contributed by atoms with van der Waals surface area (Å²) >= 11 is 5.55. The first kappa shape index (κ1) is 12.3. The molecule has 0 aliphatic carbocycles. The van der Waals surface area contributed by atoms with Gasteiger partial charge in [-0.2, -0.15) is 0 Å². The summed E-state index contributed by atoms with van der Waals surface area (Å²) in [6, 6.07) is 3.97. The number of carbonyl (C=O) groups excluding carboxylic acids is 1. The zero-order valence-electron chi connectivity index (χ0n) is 9.41. The number of nitrogens with zero attached hydrogens (tertiary/aromatic N) is 1. The molecule has 1 atom stereocenters. The molecule has 1 saturated heterocycles. The molecule has 17 heavy (non-hydrogen) atoms. The van der Waals surface area contributed by atoms with E-state index < -0.39 is 11.4 Å². The average Bonchev–Trinajstić information content (AvgIpc) is 2.62. The third-order valence-electron chi connectivity index (χ3n) is 2.91. The Balaban J connectivity index is 2.18. The largest absolute Gasteiger partial charge is 0.388 e. The van der Waals surface area contributed by atoms with Crippen LogP contribution in [0.15, 0.2) is 18.2 Å². The van der Waals surface area contributed by atoms with Gasteiger partial charge in [0.05, 0.1) is 10.6 Å². The van der Waals surface area contributed by atoms with Gasteiger partial charge in [0.2, 0.25) is 0 Å². The predicted octanol–water partition coefficient (Wildman–Crippen LogP) is 2.08. The topological polar surface area (TPSA) is 40.5 Å². The van der Waals surface area contributed by atoms with Crippen LogP contribution in [-0.4, -0.2) is 34.6 Å². The van der Waals surface area contributed by atoms with E-state index in [1.54, 1.807) is 6.92 Å². The maximum atomic E-state index is 13.2. The Morgan fingerprint density at radius 2 is 2.29 bits per heavy atom. The fourth-order valence-corrected chi connectivity index (χ4v) is 2.05. The number of rotatable bonds is 1. The number of halogens is 2. The van der Waals surface area contributed by atoms with Gasteiger partial charge in [0.1, 0.15) is 5.82 Å². The van der Waals surface area contributed by atoms with Gasteiger partial charge in [-0.15, -0.1) is 0 Å². The molecule has 3 nitrogen and oxygen atoms in total. The highest BCUT2D eigenvalue weighted by Crippen LogP contribution is 2.23. The lowest BCUT2D eigenvalue weighted by Gasteiger charge is -2.19. The average molecular weight is 258 g/mol. The number of carbonyl (C=O) groups is 1. The summed E-state index contributed by atoms with van der Waals surface area (Å²) in [4.78, 5) is 13.5. The Kier molecular flexibility index (Phi) is 3.10. The summed E-state index contributed by atoms with van der Waals surface area (Å²) in [5.74, 6) is -0.887. The standard InChI is InChI=1S/C12H13ClFNO2/c1-12(17)4-5-15(7-12)11(16)8-2-3-9(13)10(14)6-8/h2-3,6,17H,4-5,7H2,1H3. The fourth-order valence-electron chi connectivity index (χ4n) is 1.93. The smallest absolute Gasteiger partial charge is 0.254 e. The van der Waals surface area contributed by atoms with E-state index in [0.29, 0.717) is 13.0 Å². The number of hydrogen-bond donors (Lipinski definition) is 1. The Labute approximate surface area is 104 Å². The number of benzene rings is 1. The SMILES string of the molecule is CC1(O)CCN(C(=O)c2ccc(Cl)c(F)c2)C1. The van der Waals surface area contributed by atoms with Gasteiger partial charge in [-0.25, -0.2) is 4.39 Å². The van der Waals surface area contributed by atoms with Gasteiger partial charge < -0.3 is 10.0 Å². The van der Waals surface area contributed by atoms with Gasteiger partial charge in [-0.05, 0) is 31.5 Å². The van der Waals surface area contributed by atoms with Crippen LogP contribution in [0, 0.1) is 5.82 Å². The molecule has 1 amide bonds. The van der Waals surface area contributed by atoms with Crippen molar-refractivity contribution in [2.75, 3.05) is 13.1 Å². The van der Waals surface area contributed by atoms with Crippen molar-refractivity contribution >= 4 is 17.5 Å². The van der Waals surface area contributed by atoms with Crippen LogP contribution in [0.1, 0.15) is 23.7 Å². The number of hydrogen-bond acceptors (Lipinski definition) is 2. The Bertz CT molecular complexity index is 462. The molecule has 1 aliphatic rings. The summed E-state index contributed by atoms with van der Waals surface area (Å²) in [5, 5.41) is 9.77. The molecule has 2 rings (SSSR count). The monoisotopic (exact) mass is 257 g/mol. The van der Waals surface area contributed by atoms with E-state index >= 15 is 0 Å². The van der Waals surface area contributed by atoms with Gasteiger partial charge in [-0.1, -0.05) is 11.6 Å². The lowest BCUT2D eigenvalue weighted by molar-refractivity contribution is 0.0572. The Hall–Kier alpha value is -1.13. The van der Waals surface area contributed by atoms with Gasteiger partial charge in [0.15, 0.2) is 0 Å². The van der Waals surface area contributed by atoms with Gasteiger partial charge in [-0.3, -0.25) is 4.79 Å². The molecule has 0 spiro atoms. The molecular formula is C12H13ClFNO2. The first-order chi connectivity index (χ1) is 7.89. The van der Waals surface area contributed by atoms with E-state index in [9.17, 15) is 14.3 Å². The minimum Gasteiger partial charge on any atom is -0.388 e. The number of amides is 1. The van der Waals surface area contributed by atoms with Crippen molar-refractivity contribution < 1.29 is 14.3 Å². The molecule has 1 heterocycles. The lowest BCUT2D eigenvalue weighted by Crippen LogP contribution is -2.33. The van der Waals surface area contributed by atoms with E-state index in [1.165, 1.54) is 17.0 Å². The van der Waals surface area contributed by atoms with Crippen LogP contribution in [0.4, 0.5) is 4.39 Å². The molecule has 1 aliphatic heterocycles.